The van der Waals surface area contributed by atoms with E-state index in [9.17, 15) is 9.59 Å². The Balaban J connectivity index is 1.47. The van der Waals surface area contributed by atoms with E-state index >= 15 is 0 Å². The summed E-state index contributed by atoms with van der Waals surface area (Å²) < 4.78 is 12.9. The molecule has 6 heteroatoms. The molecule has 0 atom stereocenters. The summed E-state index contributed by atoms with van der Waals surface area (Å²) in [5.74, 6) is 1.17. The van der Waals surface area contributed by atoms with Gasteiger partial charge in [0, 0.05) is 18.8 Å². The molecule has 0 spiro atoms. The molecular formula is C19H22N2O4. The molecule has 1 aromatic heterocycles. The topological polar surface area (TPSA) is 60.8 Å². The molecule has 1 saturated heterocycles. The molecule has 1 aromatic carbocycles. The highest BCUT2D eigenvalue weighted by Crippen LogP contribution is 2.18. The van der Waals surface area contributed by atoms with Crippen LogP contribution >= 0.6 is 0 Å². The number of ether oxygens (including phenoxy) is 2. The van der Waals surface area contributed by atoms with E-state index in [-0.39, 0.29) is 24.2 Å². The maximum atomic E-state index is 12.1. The standard InChI is InChI=1S/C19H22N2O4/c1-13-5-4-6-15(7-13)24-12-19(23)21-10-17(11-21)25-16-8-14(2)20(3)18(22)9-16/h4-9,17H,10-12H2,1-3H3. The van der Waals surface area contributed by atoms with E-state index in [4.69, 9.17) is 9.47 Å². The maximum absolute atomic E-state index is 12.1. The number of amides is 1. The summed E-state index contributed by atoms with van der Waals surface area (Å²) in [5.41, 5.74) is 1.82. The molecule has 1 aliphatic rings. The third kappa shape index (κ3) is 4.02. The van der Waals surface area contributed by atoms with Crippen molar-refractivity contribution < 1.29 is 14.3 Å². The van der Waals surface area contributed by atoms with E-state index in [2.05, 4.69) is 0 Å². The predicted molar refractivity (Wildman–Crippen MR) is 94.1 cm³/mol. The Kier molecular flexibility index (Phi) is 4.79. The number of hydrogen-bond acceptors (Lipinski definition) is 4. The lowest BCUT2D eigenvalue weighted by molar-refractivity contribution is -0.142. The van der Waals surface area contributed by atoms with Crippen LogP contribution in [-0.4, -0.2) is 41.2 Å². The van der Waals surface area contributed by atoms with Crippen LogP contribution in [0.25, 0.3) is 0 Å². The molecule has 6 nitrogen and oxygen atoms in total. The molecule has 0 radical (unpaired) electrons. The highest BCUT2D eigenvalue weighted by molar-refractivity contribution is 5.78. The fraction of sp³-hybridized carbons (Fsp3) is 0.368. The third-order valence-electron chi connectivity index (χ3n) is 4.33. The second-order valence-electron chi connectivity index (χ2n) is 6.37. The maximum Gasteiger partial charge on any atom is 0.260 e. The number of aryl methyl sites for hydroxylation is 2. The summed E-state index contributed by atoms with van der Waals surface area (Å²) >= 11 is 0. The quantitative estimate of drug-likeness (QED) is 0.829. The van der Waals surface area contributed by atoms with Crippen LogP contribution in [-0.2, 0) is 11.8 Å². The van der Waals surface area contributed by atoms with Gasteiger partial charge < -0.3 is 18.9 Å². The average molecular weight is 342 g/mol. The summed E-state index contributed by atoms with van der Waals surface area (Å²) in [5, 5.41) is 0. The minimum Gasteiger partial charge on any atom is -0.486 e. The van der Waals surface area contributed by atoms with Gasteiger partial charge in [-0.2, -0.15) is 0 Å². The van der Waals surface area contributed by atoms with Gasteiger partial charge in [0.1, 0.15) is 17.6 Å². The highest BCUT2D eigenvalue weighted by atomic mass is 16.5. The van der Waals surface area contributed by atoms with Crippen molar-refractivity contribution in [1.82, 2.24) is 9.47 Å². The smallest absolute Gasteiger partial charge is 0.260 e. The van der Waals surface area contributed by atoms with Crippen molar-refractivity contribution in [2.75, 3.05) is 19.7 Å². The molecule has 0 unspecified atom stereocenters. The Morgan fingerprint density at radius 3 is 2.60 bits per heavy atom. The SMILES string of the molecule is Cc1cccc(OCC(=O)N2CC(Oc3cc(C)n(C)c(=O)c3)C2)c1. The molecule has 0 N–H and O–H groups in total. The van der Waals surface area contributed by atoms with Crippen LogP contribution < -0.4 is 15.0 Å². The second kappa shape index (κ2) is 7.01. The first kappa shape index (κ1) is 17.1. The van der Waals surface area contributed by atoms with Crippen LogP contribution in [0.4, 0.5) is 0 Å². The molecule has 1 fully saturated rings. The van der Waals surface area contributed by atoms with Gasteiger partial charge in [-0.15, -0.1) is 0 Å². The monoisotopic (exact) mass is 342 g/mol. The van der Waals surface area contributed by atoms with E-state index in [1.807, 2.05) is 44.2 Å². The Bertz CT molecular complexity index is 838. The molecule has 132 valence electrons. The Labute approximate surface area is 146 Å². The molecular weight excluding hydrogens is 320 g/mol. The van der Waals surface area contributed by atoms with Gasteiger partial charge in [0.05, 0.1) is 13.1 Å². The van der Waals surface area contributed by atoms with E-state index < -0.39 is 0 Å². The van der Waals surface area contributed by atoms with E-state index in [1.54, 1.807) is 16.5 Å². The number of aromatic nitrogens is 1. The van der Waals surface area contributed by atoms with Crippen molar-refractivity contribution in [1.29, 1.82) is 0 Å². The highest BCUT2D eigenvalue weighted by Gasteiger charge is 2.32. The van der Waals surface area contributed by atoms with Crippen LogP contribution in [0.15, 0.2) is 41.2 Å². The van der Waals surface area contributed by atoms with Gasteiger partial charge in [-0.05, 0) is 37.6 Å². The molecule has 0 aliphatic carbocycles. The Hall–Kier alpha value is -2.76. The number of hydrogen-bond donors (Lipinski definition) is 0. The Morgan fingerprint density at radius 1 is 1.16 bits per heavy atom. The van der Waals surface area contributed by atoms with Crippen molar-refractivity contribution in [2.45, 2.75) is 20.0 Å². The van der Waals surface area contributed by atoms with Crippen molar-refractivity contribution >= 4 is 5.91 Å². The number of rotatable bonds is 5. The van der Waals surface area contributed by atoms with Crippen LogP contribution in [0.2, 0.25) is 0 Å². The first-order chi connectivity index (χ1) is 11.9. The van der Waals surface area contributed by atoms with Gasteiger partial charge in [-0.25, -0.2) is 0 Å². The minimum atomic E-state index is -0.103. The molecule has 2 aromatic rings. The number of carbonyl (C=O) groups is 1. The number of pyridine rings is 1. The van der Waals surface area contributed by atoms with Crippen LogP contribution in [0.1, 0.15) is 11.3 Å². The lowest BCUT2D eigenvalue weighted by Gasteiger charge is -2.38. The normalized spacial score (nSPS) is 14.1. The lowest BCUT2D eigenvalue weighted by atomic mass is 10.1. The average Bonchev–Trinajstić information content (AvgIpc) is 2.53. The summed E-state index contributed by atoms with van der Waals surface area (Å²) in [6, 6.07) is 10.9. The summed E-state index contributed by atoms with van der Waals surface area (Å²) in [4.78, 5) is 25.6. The molecule has 0 bridgehead atoms. The van der Waals surface area contributed by atoms with Gasteiger partial charge in [-0.1, -0.05) is 12.1 Å². The van der Waals surface area contributed by atoms with Gasteiger partial charge in [-0.3, -0.25) is 9.59 Å². The van der Waals surface area contributed by atoms with Gasteiger partial charge in [0.2, 0.25) is 0 Å². The third-order valence-corrected chi connectivity index (χ3v) is 4.33. The van der Waals surface area contributed by atoms with Gasteiger partial charge in [0.15, 0.2) is 6.61 Å². The van der Waals surface area contributed by atoms with Gasteiger partial charge in [0.25, 0.3) is 11.5 Å². The molecule has 1 amide bonds. The second-order valence-corrected chi connectivity index (χ2v) is 6.37. The van der Waals surface area contributed by atoms with Crippen molar-refractivity contribution in [3.63, 3.8) is 0 Å². The molecule has 3 rings (SSSR count). The van der Waals surface area contributed by atoms with E-state index in [1.165, 1.54) is 6.07 Å². The summed E-state index contributed by atoms with van der Waals surface area (Å²) in [6.07, 6.45) is -0.0885. The number of nitrogens with zero attached hydrogens (tertiary/aromatic N) is 2. The van der Waals surface area contributed by atoms with Crippen LogP contribution in [0.3, 0.4) is 0 Å². The van der Waals surface area contributed by atoms with Crippen LogP contribution in [0, 0.1) is 13.8 Å². The van der Waals surface area contributed by atoms with E-state index in [0.717, 1.165) is 11.3 Å². The number of likely N-dealkylation sites (tertiary alicyclic amines) is 1. The molecule has 0 saturated carbocycles. The predicted octanol–water partition coefficient (Wildman–Crippen LogP) is 1.67. The Morgan fingerprint density at radius 2 is 1.92 bits per heavy atom. The van der Waals surface area contributed by atoms with Crippen molar-refractivity contribution in [2.24, 2.45) is 7.05 Å². The van der Waals surface area contributed by atoms with Gasteiger partial charge >= 0.3 is 0 Å². The lowest BCUT2D eigenvalue weighted by Crippen LogP contribution is -2.57. The first-order valence-electron chi connectivity index (χ1n) is 8.24. The molecule has 1 aliphatic heterocycles. The van der Waals surface area contributed by atoms with Crippen molar-refractivity contribution in [3.05, 3.63) is 58.0 Å². The van der Waals surface area contributed by atoms with E-state index in [0.29, 0.717) is 24.6 Å². The summed E-state index contributed by atoms with van der Waals surface area (Å²) in [6.45, 7) is 4.86. The number of carbonyl (C=O) groups excluding carboxylic acids is 1. The zero-order valence-electron chi connectivity index (χ0n) is 14.7. The number of benzene rings is 1. The fourth-order valence-corrected chi connectivity index (χ4v) is 2.65. The zero-order chi connectivity index (χ0) is 18.0. The molecule has 2 heterocycles. The van der Waals surface area contributed by atoms with Crippen LogP contribution in [0.5, 0.6) is 11.5 Å². The summed E-state index contributed by atoms with van der Waals surface area (Å²) in [7, 11) is 1.72. The zero-order valence-corrected chi connectivity index (χ0v) is 14.7. The largest absolute Gasteiger partial charge is 0.486 e. The van der Waals surface area contributed by atoms with Crippen molar-refractivity contribution in [3.8, 4) is 11.5 Å². The molecule has 25 heavy (non-hydrogen) atoms. The minimum absolute atomic E-state index is 0.0150. The first-order valence-corrected chi connectivity index (χ1v) is 8.24. The fourth-order valence-electron chi connectivity index (χ4n) is 2.65.